The quantitative estimate of drug-likeness (QED) is 0.771. The molecule has 1 aromatic carbocycles. The molecule has 1 aliphatic heterocycles. The molecule has 1 heterocycles. The summed E-state index contributed by atoms with van der Waals surface area (Å²) in [6, 6.07) is 8.74. The molecular weight excluding hydrogens is 286 g/mol. The predicted molar refractivity (Wildman–Crippen MR) is 98.0 cm³/mol. The monoisotopic (exact) mass is 319 g/mol. The Kier molecular flexibility index (Phi) is 6.88. The van der Waals surface area contributed by atoms with Gasteiger partial charge < -0.3 is 20.2 Å². The van der Waals surface area contributed by atoms with Crippen LogP contribution in [0.15, 0.2) is 24.3 Å². The van der Waals surface area contributed by atoms with Crippen LogP contribution in [-0.4, -0.2) is 55.9 Å². The van der Waals surface area contributed by atoms with Crippen LogP contribution in [-0.2, 0) is 6.54 Å². The zero-order valence-electron chi connectivity index (χ0n) is 15.0. The van der Waals surface area contributed by atoms with E-state index >= 15 is 0 Å². The third-order valence-electron chi connectivity index (χ3n) is 4.86. The molecule has 0 atom stereocenters. The van der Waals surface area contributed by atoms with E-state index in [-0.39, 0.29) is 12.0 Å². The van der Waals surface area contributed by atoms with Crippen molar-refractivity contribution in [3.05, 3.63) is 29.8 Å². The second-order valence-corrected chi connectivity index (χ2v) is 7.29. The van der Waals surface area contributed by atoms with Crippen LogP contribution in [0.2, 0.25) is 0 Å². The van der Waals surface area contributed by atoms with Crippen LogP contribution in [0.5, 0.6) is 0 Å². The number of anilines is 1. The SMILES string of the molecule is CCN1CCN(c2ccccc2CNCC(C)(C)CCO)CC1. The molecular formula is C19H33N3O. The molecule has 0 saturated carbocycles. The van der Waals surface area contributed by atoms with Gasteiger partial charge in [0.1, 0.15) is 0 Å². The Balaban J connectivity index is 1.93. The van der Waals surface area contributed by atoms with Crippen molar-refractivity contribution < 1.29 is 5.11 Å². The fourth-order valence-electron chi connectivity index (χ4n) is 3.20. The summed E-state index contributed by atoms with van der Waals surface area (Å²) < 4.78 is 0. The average Bonchev–Trinajstić information content (AvgIpc) is 2.55. The van der Waals surface area contributed by atoms with Gasteiger partial charge in [-0.15, -0.1) is 0 Å². The predicted octanol–water partition coefficient (Wildman–Crippen LogP) is 2.33. The molecule has 2 N–H and O–H groups in total. The Morgan fingerprint density at radius 3 is 2.48 bits per heavy atom. The topological polar surface area (TPSA) is 38.7 Å². The van der Waals surface area contributed by atoms with Gasteiger partial charge in [0.15, 0.2) is 0 Å². The molecule has 0 amide bonds. The molecule has 4 heteroatoms. The number of nitrogens with zero attached hydrogens (tertiary/aromatic N) is 2. The van der Waals surface area contributed by atoms with Crippen molar-refractivity contribution in [2.75, 3.05) is 50.8 Å². The van der Waals surface area contributed by atoms with Crippen molar-refractivity contribution in [1.29, 1.82) is 0 Å². The summed E-state index contributed by atoms with van der Waals surface area (Å²) in [5, 5.41) is 12.7. The lowest BCUT2D eigenvalue weighted by molar-refractivity contribution is 0.207. The number of rotatable bonds is 8. The number of para-hydroxylation sites is 1. The summed E-state index contributed by atoms with van der Waals surface area (Å²) in [5.74, 6) is 0. The fourth-order valence-corrected chi connectivity index (χ4v) is 3.20. The van der Waals surface area contributed by atoms with Crippen molar-refractivity contribution in [3.63, 3.8) is 0 Å². The van der Waals surface area contributed by atoms with Crippen molar-refractivity contribution in [2.24, 2.45) is 5.41 Å². The molecule has 1 fully saturated rings. The van der Waals surface area contributed by atoms with Crippen LogP contribution in [0.4, 0.5) is 5.69 Å². The smallest absolute Gasteiger partial charge is 0.0436 e. The summed E-state index contributed by atoms with van der Waals surface area (Å²) >= 11 is 0. The number of aliphatic hydroxyl groups excluding tert-OH is 1. The van der Waals surface area contributed by atoms with E-state index in [2.05, 4.69) is 60.2 Å². The molecule has 23 heavy (non-hydrogen) atoms. The van der Waals surface area contributed by atoms with Crippen molar-refractivity contribution in [1.82, 2.24) is 10.2 Å². The van der Waals surface area contributed by atoms with Gasteiger partial charge in [-0.3, -0.25) is 0 Å². The molecule has 2 rings (SSSR count). The standard InChI is InChI=1S/C19H33N3O/c1-4-21-10-12-22(13-11-21)18-8-6-5-7-17(18)15-20-16-19(2,3)9-14-23/h5-8,20,23H,4,9-16H2,1-3H3. The summed E-state index contributed by atoms with van der Waals surface area (Å²) in [4.78, 5) is 5.02. The lowest BCUT2D eigenvalue weighted by atomic mass is 9.89. The maximum Gasteiger partial charge on any atom is 0.0436 e. The maximum absolute atomic E-state index is 9.14. The summed E-state index contributed by atoms with van der Waals surface area (Å²) in [5.41, 5.74) is 2.88. The highest BCUT2D eigenvalue weighted by Crippen LogP contribution is 2.23. The van der Waals surface area contributed by atoms with Crippen LogP contribution in [0, 0.1) is 5.41 Å². The molecule has 0 aromatic heterocycles. The fraction of sp³-hybridized carbons (Fsp3) is 0.684. The molecule has 0 spiro atoms. The van der Waals surface area contributed by atoms with Gasteiger partial charge >= 0.3 is 0 Å². The normalized spacial score (nSPS) is 16.8. The zero-order chi connectivity index (χ0) is 16.7. The Bertz CT molecular complexity index is 467. The molecule has 0 unspecified atom stereocenters. The van der Waals surface area contributed by atoms with Gasteiger partial charge in [-0.2, -0.15) is 0 Å². The van der Waals surface area contributed by atoms with Gasteiger partial charge in [0, 0.05) is 51.6 Å². The molecule has 4 nitrogen and oxygen atoms in total. The van der Waals surface area contributed by atoms with Crippen LogP contribution < -0.4 is 10.2 Å². The summed E-state index contributed by atoms with van der Waals surface area (Å²) in [6.07, 6.45) is 0.834. The molecule has 1 saturated heterocycles. The van der Waals surface area contributed by atoms with E-state index in [1.165, 1.54) is 11.3 Å². The minimum absolute atomic E-state index is 0.135. The zero-order valence-corrected chi connectivity index (χ0v) is 15.0. The Morgan fingerprint density at radius 2 is 1.83 bits per heavy atom. The average molecular weight is 319 g/mol. The van der Waals surface area contributed by atoms with Gasteiger partial charge in [0.2, 0.25) is 0 Å². The van der Waals surface area contributed by atoms with Gasteiger partial charge in [-0.05, 0) is 30.0 Å². The number of likely N-dealkylation sites (N-methyl/N-ethyl adjacent to an activating group) is 1. The van der Waals surface area contributed by atoms with Crippen molar-refractivity contribution >= 4 is 5.69 Å². The van der Waals surface area contributed by atoms with E-state index in [0.29, 0.717) is 0 Å². The first-order chi connectivity index (χ1) is 11.1. The first-order valence-corrected chi connectivity index (χ1v) is 8.92. The van der Waals surface area contributed by atoms with Gasteiger partial charge in [0.25, 0.3) is 0 Å². The van der Waals surface area contributed by atoms with Crippen LogP contribution in [0.25, 0.3) is 0 Å². The Labute approximate surface area is 141 Å². The number of piperazine rings is 1. The minimum atomic E-state index is 0.135. The molecule has 0 aliphatic carbocycles. The first-order valence-electron chi connectivity index (χ1n) is 8.92. The van der Waals surface area contributed by atoms with Gasteiger partial charge in [0.05, 0.1) is 0 Å². The summed E-state index contributed by atoms with van der Waals surface area (Å²) in [7, 11) is 0. The number of hydrogen-bond acceptors (Lipinski definition) is 4. The third-order valence-corrected chi connectivity index (χ3v) is 4.86. The van der Waals surface area contributed by atoms with Crippen LogP contribution in [0.3, 0.4) is 0 Å². The van der Waals surface area contributed by atoms with Crippen LogP contribution in [0.1, 0.15) is 32.8 Å². The number of benzene rings is 1. The minimum Gasteiger partial charge on any atom is -0.396 e. The number of aliphatic hydroxyl groups is 1. The van der Waals surface area contributed by atoms with Crippen molar-refractivity contribution in [2.45, 2.75) is 33.7 Å². The Hall–Kier alpha value is -1.10. The van der Waals surface area contributed by atoms with Crippen LogP contribution >= 0.6 is 0 Å². The second kappa shape index (κ2) is 8.67. The highest BCUT2D eigenvalue weighted by atomic mass is 16.3. The number of nitrogens with one attached hydrogen (secondary N) is 1. The third kappa shape index (κ3) is 5.48. The molecule has 1 aliphatic rings. The Morgan fingerprint density at radius 1 is 1.13 bits per heavy atom. The van der Waals surface area contributed by atoms with E-state index in [9.17, 15) is 0 Å². The molecule has 130 valence electrons. The molecule has 1 aromatic rings. The summed E-state index contributed by atoms with van der Waals surface area (Å²) in [6.45, 7) is 14.4. The van der Waals surface area contributed by atoms with Crippen molar-refractivity contribution in [3.8, 4) is 0 Å². The molecule has 0 bridgehead atoms. The second-order valence-electron chi connectivity index (χ2n) is 7.29. The van der Waals surface area contributed by atoms with E-state index in [4.69, 9.17) is 5.11 Å². The highest BCUT2D eigenvalue weighted by molar-refractivity contribution is 5.54. The largest absolute Gasteiger partial charge is 0.396 e. The highest BCUT2D eigenvalue weighted by Gasteiger charge is 2.19. The first kappa shape index (κ1) is 18.2. The van der Waals surface area contributed by atoms with E-state index in [1.807, 2.05) is 0 Å². The lowest BCUT2D eigenvalue weighted by Gasteiger charge is -2.36. The molecule has 0 radical (unpaired) electrons. The van der Waals surface area contributed by atoms with Gasteiger partial charge in [-0.1, -0.05) is 39.0 Å². The van der Waals surface area contributed by atoms with E-state index < -0.39 is 0 Å². The van der Waals surface area contributed by atoms with E-state index in [0.717, 1.165) is 52.2 Å². The maximum atomic E-state index is 9.14. The lowest BCUT2D eigenvalue weighted by Crippen LogP contribution is -2.46. The van der Waals surface area contributed by atoms with E-state index in [1.54, 1.807) is 0 Å². The van der Waals surface area contributed by atoms with Gasteiger partial charge in [-0.25, -0.2) is 0 Å². The number of hydrogen-bond donors (Lipinski definition) is 2.